The molecule has 0 spiro atoms. The second-order valence-corrected chi connectivity index (χ2v) is 16.7. The van der Waals surface area contributed by atoms with Crippen molar-refractivity contribution < 1.29 is 4.42 Å². The summed E-state index contributed by atoms with van der Waals surface area (Å²) in [7, 11) is 0. The fourth-order valence-electron chi connectivity index (χ4n) is 10.6. The van der Waals surface area contributed by atoms with Gasteiger partial charge in [0.05, 0.1) is 22.4 Å². The van der Waals surface area contributed by atoms with Gasteiger partial charge in [-0.1, -0.05) is 188 Å². The maximum atomic E-state index is 6.72. The quantitative estimate of drug-likeness (QED) is 0.132. The molecule has 0 unspecified atom stereocenters. The molecule has 290 valence electrons. The molecular formula is C60H34N2O. The fraction of sp³-hybridized carbons (Fsp3) is 0. The Labute approximate surface area is 361 Å². The van der Waals surface area contributed by atoms with Crippen molar-refractivity contribution in [3.8, 4) is 33.6 Å². The molecule has 63 heavy (non-hydrogen) atoms. The predicted octanol–water partition coefficient (Wildman–Crippen LogP) is 16.6. The molecule has 0 radical (unpaired) electrons. The Morgan fingerprint density at radius 3 is 1.59 bits per heavy atom. The third-order valence-corrected chi connectivity index (χ3v) is 13.4. The molecule has 0 aliphatic heterocycles. The number of para-hydroxylation sites is 1. The van der Waals surface area contributed by atoms with Gasteiger partial charge in [0.2, 0.25) is 0 Å². The van der Waals surface area contributed by atoms with Crippen LogP contribution in [0.2, 0.25) is 0 Å². The highest BCUT2D eigenvalue weighted by molar-refractivity contribution is 6.30. The van der Waals surface area contributed by atoms with Crippen LogP contribution in [0, 0.1) is 0 Å². The van der Waals surface area contributed by atoms with Crippen LogP contribution in [0.4, 0.5) is 0 Å². The highest BCUT2D eigenvalue weighted by atomic mass is 16.3. The van der Waals surface area contributed by atoms with Crippen LogP contribution in [0.3, 0.4) is 0 Å². The van der Waals surface area contributed by atoms with Gasteiger partial charge in [0, 0.05) is 59.6 Å². The maximum absolute atomic E-state index is 6.72. The van der Waals surface area contributed by atoms with Crippen LogP contribution < -0.4 is 0 Å². The zero-order chi connectivity index (χ0) is 41.2. The number of aromatic nitrogens is 2. The standard InChI is InChI=1S/C60H34N2O/c1-2-16-37(17-3-1)57-50-33-32-46-41-20-12-13-25-52(41)63-60(46)56(50)47-29-28-38(34-51(47)61-57)53-42-21-8-10-23-44(42)55(45-24-11-9-22-43(45)53)59-49-31-26-35-14-4-6-18-39(35)54(49)48-30-27-36-15-5-7-19-40(36)58(48)62-59/h1-34H. The minimum atomic E-state index is 0.885. The molecule has 0 saturated carbocycles. The Bertz CT molecular complexity index is 4200. The van der Waals surface area contributed by atoms with Gasteiger partial charge in [-0.25, -0.2) is 9.97 Å². The summed E-state index contributed by atoms with van der Waals surface area (Å²) in [6.45, 7) is 0. The second-order valence-electron chi connectivity index (χ2n) is 16.7. The van der Waals surface area contributed by atoms with Gasteiger partial charge in [-0.05, 0) is 67.0 Å². The number of pyridine rings is 2. The topological polar surface area (TPSA) is 38.9 Å². The van der Waals surface area contributed by atoms with Crippen molar-refractivity contribution in [2.75, 3.05) is 0 Å². The average Bonchev–Trinajstić information content (AvgIpc) is 3.74. The van der Waals surface area contributed by atoms with Crippen LogP contribution in [0.5, 0.6) is 0 Å². The van der Waals surface area contributed by atoms with E-state index in [0.29, 0.717) is 0 Å². The first-order valence-electron chi connectivity index (χ1n) is 21.6. The minimum absolute atomic E-state index is 0.885. The molecule has 11 aromatic carbocycles. The average molecular weight is 799 g/mol. The van der Waals surface area contributed by atoms with Crippen molar-refractivity contribution in [2.24, 2.45) is 0 Å². The molecule has 14 rings (SSSR count). The lowest BCUT2D eigenvalue weighted by Gasteiger charge is -2.20. The van der Waals surface area contributed by atoms with Crippen molar-refractivity contribution in [3.63, 3.8) is 0 Å². The molecule has 0 amide bonds. The number of benzene rings is 11. The summed E-state index contributed by atoms with van der Waals surface area (Å²) in [4.78, 5) is 11.2. The summed E-state index contributed by atoms with van der Waals surface area (Å²) >= 11 is 0. The van der Waals surface area contributed by atoms with Gasteiger partial charge in [-0.3, -0.25) is 0 Å². The lowest BCUT2D eigenvalue weighted by molar-refractivity contribution is 0.673. The monoisotopic (exact) mass is 798 g/mol. The number of nitrogens with zero attached hydrogens (tertiary/aromatic N) is 2. The smallest absolute Gasteiger partial charge is 0.144 e. The molecule has 0 aliphatic carbocycles. The van der Waals surface area contributed by atoms with Crippen molar-refractivity contribution in [1.29, 1.82) is 0 Å². The van der Waals surface area contributed by atoms with Gasteiger partial charge in [-0.2, -0.15) is 0 Å². The molecule has 0 fully saturated rings. The molecule has 0 saturated heterocycles. The molecule has 3 heteroatoms. The summed E-state index contributed by atoms with van der Waals surface area (Å²) in [5.74, 6) is 0. The van der Waals surface area contributed by atoms with Crippen LogP contribution in [-0.4, -0.2) is 9.97 Å². The summed E-state index contributed by atoms with van der Waals surface area (Å²) in [5, 5.41) is 18.4. The molecule has 3 heterocycles. The first kappa shape index (κ1) is 34.3. The van der Waals surface area contributed by atoms with E-state index in [1.165, 1.54) is 43.3 Å². The normalized spacial score (nSPS) is 12.1. The number of rotatable bonds is 3. The Hall–Kier alpha value is -8.40. The summed E-state index contributed by atoms with van der Waals surface area (Å²) in [5.41, 5.74) is 10.2. The molecule has 0 aliphatic rings. The molecule has 0 N–H and O–H groups in total. The molecule has 0 atom stereocenters. The highest BCUT2D eigenvalue weighted by Crippen LogP contribution is 2.48. The SMILES string of the molecule is c1ccc(-c2nc3cc(-c4c5ccccc5c(-c5nc6c7ccccc7ccc6c6c5ccc5ccccc56)c5ccccc45)ccc3c3c2ccc2c4ccccc4oc23)cc1. The predicted molar refractivity (Wildman–Crippen MR) is 266 cm³/mol. The van der Waals surface area contributed by atoms with Crippen molar-refractivity contribution >= 4 is 108 Å². The Morgan fingerprint density at radius 1 is 0.302 bits per heavy atom. The fourth-order valence-corrected chi connectivity index (χ4v) is 10.6. The van der Waals surface area contributed by atoms with E-state index in [2.05, 4.69) is 200 Å². The summed E-state index contributed by atoms with van der Waals surface area (Å²) < 4.78 is 6.72. The van der Waals surface area contributed by atoms with Crippen LogP contribution in [0.15, 0.2) is 211 Å². The van der Waals surface area contributed by atoms with Crippen molar-refractivity contribution in [3.05, 3.63) is 206 Å². The van der Waals surface area contributed by atoms with Crippen molar-refractivity contribution in [1.82, 2.24) is 9.97 Å². The zero-order valence-electron chi connectivity index (χ0n) is 33.9. The lowest BCUT2D eigenvalue weighted by Crippen LogP contribution is -1.96. The van der Waals surface area contributed by atoms with Gasteiger partial charge in [-0.15, -0.1) is 0 Å². The third-order valence-electron chi connectivity index (χ3n) is 13.4. The van der Waals surface area contributed by atoms with E-state index in [4.69, 9.17) is 14.4 Å². The van der Waals surface area contributed by atoms with E-state index in [0.717, 1.165) is 98.8 Å². The number of furan rings is 1. The molecular weight excluding hydrogens is 765 g/mol. The first-order valence-corrected chi connectivity index (χ1v) is 21.6. The van der Waals surface area contributed by atoms with Gasteiger partial charge in [0.15, 0.2) is 0 Å². The van der Waals surface area contributed by atoms with Gasteiger partial charge >= 0.3 is 0 Å². The van der Waals surface area contributed by atoms with E-state index in [-0.39, 0.29) is 0 Å². The van der Waals surface area contributed by atoms with Gasteiger partial charge in [0.25, 0.3) is 0 Å². The number of fused-ring (bicyclic) bond motifs is 16. The van der Waals surface area contributed by atoms with E-state index in [1.807, 2.05) is 6.07 Å². The second kappa shape index (κ2) is 13.1. The maximum Gasteiger partial charge on any atom is 0.144 e. The molecule has 3 nitrogen and oxygen atoms in total. The Balaban J connectivity index is 1.09. The summed E-state index contributed by atoms with van der Waals surface area (Å²) in [6, 6.07) is 74.3. The first-order chi connectivity index (χ1) is 31.3. The Kier molecular flexibility index (Phi) is 7.11. The highest BCUT2D eigenvalue weighted by Gasteiger charge is 2.23. The van der Waals surface area contributed by atoms with E-state index in [9.17, 15) is 0 Å². The third kappa shape index (κ3) is 4.90. The van der Waals surface area contributed by atoms with Crippen LogP contribution >= 0.6 is 0 Å². The summed E-state index contributed by atoms with van der Waals surface area (Å²) in [6.07, 6.45) is 0. The zero-order valence-corrected chi connectivity index (χ0v) is 33.9. The molecule has 14 aromatic rings. The lowest BCUT2D eigenvalue weighted by atomic mass is 9.85. The van der Waals surface area contributed by atoms with Crippen LogP contribution in [0.1, 0.15) is 0 Å². The molecule has 3 aromatic heterocycles. The minimum Gasteiger partial charge on any atom is -0.455 e. The van der Waals surface area contributed by atoms with Crippen molar-refractivity contribution in [2.45, 2.75) is 0 Å². The van der Waals surface area contributed by atoms with E-state index < -0.39 is 0 Å². The number of hydrogen-bond acceptors (Lipinski definition) is 3. The molecule has 0 bridgehead atoms. The van der Waals surface area contributed by atoms with Crippen LogP contribution in [-0.2, 0) is 0 Å². The Morgan fingerprint density at radius 2 is 0.841 bits per heavy atom. The van der Waals surface area contributed by atoms with Crippen LogP contribution in [0.25, 0.3) is 142 Å². The van der Waals surface area contributed by atoms with E-state index in [1.54, 1.807) is 0 Å². The van der Waals surface area contributed by atoms with Gasteiger partial charge in [0.1, 0.15) is 11.2 Å². The van der Waals surface area contributed by atoms with Gasteiger partial charge < -0.3 is 4.42 Å². The van der Waals surface area contributed by atoms with E-state index >= 15 is 0 Å². The largest absolute Gasteiger partial charge is 0.455 e. The number of hydrogen-bond donors (Lipinski definition) is 0.